The molecule has 0 spiro atoms. The van der Waals surface area contributed by atoms with E-state index in [1.165, 1.54) is 24.3 Å². The molecule has 0 fully saturated rings. The number of carbonyl (C=O) groups excluding carboxylic acids is 1. The summed E-state index contributed by atoms with van der Waals surface area (Å²) in [5, 5.41) is 10.4. The number of fused-ring (bicyclic) bond motifs is 3. The van der Waals surface area contributed by atoms with Crippen molar-refractivity contribution in [3.63, 3.8) is 0 Å². The number of hydrogen-bond acceptors (Lipinski definition) is 4. The topological polar surface area (TPSA) is 63.1 Å². The van der Waals surface area contributed by atoms with Crippen LogP contribution in [-0.2, 0) is 30.6 Å². The van der Waals surface area contributed by atoms with Gasteiger partial charge in [-0.05, 0) is 70.4 Å². The Morgan fingerprint density at radius 1 is 0.741 bits per heavy atom. The fraction of sp³-hybridized carbons (Fsp3) is 0.405. The zero-order chi connectivity index (χ0) is 39.7. The number of nitrogens with zero attached hydrogens (tertiary/aromatic N) is 2. The number of ketones is 1. The molecule has 293 valence electrons. The number of aryl methyl sites for hydroxylation is 2. The maximum Gasteiger partial charge on any atom is 0.436 e. The van der Waals surface area contributed by atoms with Gasteiger partial charge in [0.2, 0.25) is 0 Å². The quantitative estimate of drug-likeness (QED) is 0.0526. The van der Waals surface area contributed by atoms with Crippen LogP contribution >= 0.6 is 0 Å². The van der Waals surface area contributed by atoms with Crippen molar-refractivity contribution >= 4 is 38.2 Å². The Kier molecular flexibility index (Phi) is 13.6. The number of halogens is 7. The van der Waals surface area contributed by atoms with Crippen LogP contribution in [0, 0.1) is 30.7 Å². The number of aliphatic hydroxyl groups excluding tert-OH is 1. The van der Waals surface area contributed by atoms with Crippen LogP contribution in [0.3, 0.4) is 0 Å². The molecule has 4 aromatic carbocycles. The number of alkyl halides is 7. The Balaban J connectivity index is 0.000000372. The Morgan fingerprint density at radius 2 is 1.26 bits per heavy atom. The van der Waals surface area contributed by atoms with Gasteiger partial charge >= 0.3 is 18.0 Å². The zero-order valence-electron chi connectivity index (χ0n) is 31.4. The van der Waals surface area contributed by atoms with Gasteiger partial charge in [-0.25, -0.2) is 9.37 Å². The summed E-state index contributed by atoms with van der Waals surface area (Å²) in [6.07, 6.45) is -7.03. The summed E-state index contributed by atoms with van der Waals surface area (Å²) in [5.74, 6) is 0.286. The third kappa shape index (κ3) is 8.35. The first-order valence-electron chi connectivity index (χ1n) is 17.5. The molecule has 0 saturated carbocycles. The van der Waals surface area contributed by atoms with Crippen LogP contribution in [0.15, 0.2) is 72.8 Å². The summed E-state index contributed by atoms with van der Waals surface area (Å²) < 4.78 is 100.0. The monoisotopic (exact) mass is 934 g/mol. The van der Waals surface area contributed by atoms with Crippen LogP contribution in [0.4, 0.5) is 30.7 Å². The largest absolute Gasteiger partial charge is 0.512 e. The molecule has 0 atom stereocenters. The zero-order valence-corrected chi connectivity index (χ0v) is 33.8. The number of allylic oxidation sites excluding steroid dienone is 2. The molecule has 0 aliphatic carbocycles. The number of hydrogen-bond donors (Lipinski definition) is 1. The second-order valence-corrected chi connectivity index (χ2v) is 14.1. The van der Waals surface area contributed by atoms with Crippen LogP contribution in [0.5, 0.6) is 0 Å². The van der Waals surface area contributed by atoms with Gasteiger partial charge in [0.15, 0.2) is 5.78 Å². The van der Waals surface area contributed by atoms with Crippen LogP contribution < -0.4 is 0 Å². The molecule has 54 heavy (non-hydrogen) atoms. The van der Waals surface area contributed by atoms with Gasteiger partial charge in [0.05, 0.1) is 5.52 Å². The maximum absolute atomic E-state index is 15.7. The number of carbonyl (C=O) groups is 1. The first kappa shape index (κ1) is 44.5. The van der Waals surface area contributed by atoms with Crippen LogP contribution in [0.25, 0.3) is 43.7 Å². The van der Waals surface area contributed by atoms with E-state index in [4.69, 9.17) is 0 Å². The molecule has 12 heteroatoms. The standard InChI is InChI=1S/C27H16F7N2.C15H28O2.Ir/c1-14-7-15(2)9-19(8-14)23-21-12-18-10-16-5-3-4-6-17(16)11-20(18)22(24(21)36-13-35-23)25(28,26(29,30)31)27(32,33)34;1-7-14(5,8-2)12(16)11-13(17)15(6,9-3)10-4;/h3-8,10-13H,1-2H3;11,16H,7-10H2,1-6H3;/q-1;;/b;12-11-;. The molecule has 1 aromatic heterocycles. The molecular formula is C42H44F7IrN2O2-. The molecule has 0 saturated heterocycles. The third-order valence-corrected chi connectivity index (χ3v) is 10.7. The average molecular weight is 934 g/mol. The Morgan fingerprint density at radius 3 is 1.76 bits per heavy atom. The smallest absolute Gasteiger partial charge is 0.436 e. The van der Waals surface area contributed by atoms with E-state index < -0.39 is 34.5 Å². The minimum atomic E-state index is -6.31. The van der Waals surface area contributed by atoms with Crippen molar-refractivity contribution in [1.82, 2.24) is 9.97 Å². The normalized spacial score (nSPS) is 13.1. The van der Waals surface area contributed by atoms with Gasteiger partial charge in [-0.15, -0.1) is 34.9 Å². The third-order valence-electron chi connectivity index (χ3n) is 10.7. The molecular weight excluding hydrogens is 890 g/mol. The maximum atomic E-state index is 15.7. The van der Waals surface area contributed by atoms with Gasteiger partial charge in [0.1, 0.15) is 12.1 Å². The second kappa shape index (κ2) is 16.5. The van der Waals surface area contributed by atoms with E-state index in [2.05, 4.69) is 16.0 Å². The summed E-state index contributed by atoms with van der Waals surface area (Å²) in [4.78, 5) is 20.1. The van der Waals surface area contributed by atoms with E-state index in [0.717, 1.165) is 43.6 Å². The molecule has 1 N–H and O–H groups in total. The number of rotatable bonds is 9. The van der Waals surface area contributed by atoms with E-state index in [1.807, 2.05) is 41.5 Å². The van der Waals surface area contributed by atoms with Crippen LogP contribution in [0.1, 0.15) is 83.9 Å². The van der Waals surface area contributed by atoms with Gasteiger partial charge in [0, 0.05) is 42.6 Å². The van der Waals surface area contributed by atoms with E-state index >= 15 is 4.39 Å². The Labute approximate surface area is 324 Å². The van der Waals surface area contributed by atoms with Crippen molar-refractivity contribution in [2.24, 2.45) is 10.8 Å². The number of benzene rings is 4. The summed E-state index contributed by atoms with van der Waals surface area (Å²) in [7, 11) is 0. The van der Waals surface area contributed by atoms with Gasteiger partial charge in [-0.3, -0.25) is 9.78 Å². The molecule has 0 unspecified atom stereocenters. The molecule has 0 aliphatic heterocycles. The van der Waals surface area contributed by atoms with Gasteiger partial charge in [0.25, 0.3) is 0 Å². The van der Waals surface area contributed by atoms with Crippen LogP contribution in [0.2, 0.25) is 0 Å². The first-order valence-corrected chi connectivity index (χ1v) is 17.5. The Hall–Kier alpha value is -3.89. The van der Waals surface area contributed by atoms with E-state index in [0.29, 0.717) is 21.9 Å². The van der Waals surface area contributed by atoms with Gasteiger partial charge in [-0.2, -0.15) is 26.3 Å². The molecule has 0 amide bonds. The molecule has 0 aliphatic rings. The second-order valence-electron chi connectivity index (χ2n) is 14.1. The fourth-order valence-electron chi connectivity index (χ4n) is 6.32. The van der Waals surface area contributed by atoms with E-state index in [-0.39, 0.29) is 58.9 Å². The van der Waals surface area contributed by atoms with Crippen molar-refractivity contribution in [2.75, 3.05) is 0 Å². The summed E-state index contributed by atoms with van der Waals surface area (Å²) in [5.41, 5.74) is -6.79. The molecule has 4 nitrogen and oxygen atoms in total. The Bertz CT molecular complexity index is 2130. The van der Waals surface area contributed by atoms with Gasteiger partial charge in [-0.1, -0.05) is 85.7 Å². The molecule has 5 aromatic rings. The van der Waals surface area contributed by atoms with Crippen molar-refractivity contribution in [3.8, 4) is 11.3 Å². The first-order chi connectivity index (χ1) is 24.6. The SMILES string of the molecule is CCC(C)(CC)C(=O)/C=C(\O)C(C)(CC)CC.Cc1[c-]c(-c2ncnc3c(C(F)(C(F)(F)F)C(F)(F)F)c4cc5ccccc5cc4cc23)cc(C)c1.[Ir]. The van der Waals surface area contributed by atoms with E-state index in [9.17, 15) is 36.2 Å². The average Bonchev–Trinajstić information content (AvgIpc) is 3.10. The summed E-state index contributed by atoms with van der Waals surface area (Å²) >= 11 is 0. The van der Waals surface area contributed by atoms with E-state index in [1.54, 1.807) is 44.2 Å². The van der Waals surface area contributed by atoms with Crippen molar-refractivity contribution in [1.29, 1.82) is 0 Å². The van der Waals surface area contributed by atoms with Crippen molar-refractivity contribution in [2.45, 2.75) is 99.1 Å². The molecule has 1 heterocycles. The molecule has 5 rings (SSSR count). The summed E-state index contributed by atoms with van der Waals surface area (Å²) in [6, 6.07) is 16.9. The van der Waals surface area contributed by atoms with Gasteiger partial charge < -0.3 is 5.11 Å². The minimum Gasteiger partial charge on any atom is -0.512 e. The van der Waals surface area contributed by atoms with Crippen LogP contribution in [-0.4, -0.2) is 33.2 Å². The fourth-order valence-corrected chi connectivity index (χ4v) is 6.32. The van der Waals surface area contributed by atoms with Crippen molar-refractivity contribution in [3.05, 3.63) is 95.5 Å². The number of aromatic nitrogens is 2. The van der Waals surface area contributed by atoms with Crippen molar-refractivity contribution < 1.29 is 60.7 Å². The number of aliphatic hydroxyl groups is 1. The predicted molar refractivity (Wildman–Crippen MR) is 196 cm³/mol. The summed E-state index contributed by atoms with van der Waals surface area (Å²) in [6.45, 7) is 15.6. The molecule has 0 bridgehead atoms. The minimum absolute atomic E-state index is 0. The molecule has 1 radical (unpaired) electrons. The predicted octanol–water partition coefficient (Wildman–Crippen LogP) is 13.0.